The summed E-state index contributed by atoms with van der Waals surface area (Å²) in [6.07, 6.45) is 4.84. The molecule has 1 aliphatic carbocycles. The minimum Gasteiger partial charge on any atom is -0.393 e. The van der Waals surface area contributed by atoms with Gasteiger partial charge in [-0.2, -0.15) is 0 Å². The van der Waals surface area contributed by atoms with E-state index in [9.17, 15) is 19.5 Å². The van der Waals surface area contributed by atoms with E-state index in [-0.39, 0.29) is 36.9 Å². The Kier molecular flexibility index (Phi) is 5.62. The van der Waals surface area contributed by atoms with Gasteiger partial charge in [0, 0.05) is 49.6 Å². The van der Waals surface area contributed by atoms with Gasteiger partial charge in [-0.25, -0.2) is 4.79 Å². The summed E-state index contributed by atoms with van der Waals surface area (Å²) >= 11 is 0. The van der Waals surface area contributed by atoms with Crippen molar-refractivity contribution in [2.75, 3.05) is 0 Å². The van der Waals surface area contributed by atoms with Crippen LogP contribution in [0.5, 0.6) is 0 Å². The molecule has 8 heteroatoms. The van der Waals surface area contributed by atoms with Gasteiger partial charge >= 0.3 is 5.69 Å². The minimum atomic E-state index is -0.530. The fourth-order valence-corrected chi connectivity index (χ4v) is 3.16. The van der Waals surface area contributed by atoms with E-state index in [1.165, 1.54) is 16.8 Å². The van der Waals surface area contributed by atoms with Crippen LogP contribution in [-0.2, 0) is 17.8 Å². The zero-order chi connectivity index (χ0) is 18.5. The lowest BCUT2D eigenvalue weighted by molar-refractivity contribution is -0.123. The van der Waals surface area contributed by atoms with E-state index in [4.69, 9.17) is 0 Å². The molecule has 0 saturated heterocycles. The van der Waals surface area contributed by atoms with Crippen molar-refractivity contribution in [2.24, 2.45) is 5.92 Å². The summed E-state index contributed by atoms with van der Waals surface area (Å²) in [6, 6.07) is 6.80. The molecule has 1 amide bonds. The summed E-state index contributed by atoms with van der Waals surface area (Å²) in [7, 11) is 0. The molecular weight excluding hydrogens is 336 g/mol. The Labute approximate surface area is 149 Å². The smallest absolute Gasteiger partial charge is 0.328 e. The van der Waals surface area contributed by atoms with Gasteiger partial charge in [-0.1, -0.05) is 6.07 Å². The van der Waals surface area contributed by atoms with Crippen LogP contribution < -0.4 is 16.6 Å². The highest BCUT2D eigenvalue weighted by molar-refractivity contribution is 5.76. The molecule has 1 atom stereocenters. The van der Waals surface area contributed by atoms with E-state index in [2.05, 4.69) is 15.3 Å². The van der Waals surface area contributed by atoms with Gasteiger partial charge in [0.25, 0.3) is 5.56 Å². The maximum atomic E-state index is 12.3. The highest BCUT2D eigenvalue weighted by atomic mass is 16.3. The Morgan fingerprint density at radius 1 is 1.35 bits per heavy atom. The van der Waals surface area contributed by atoms with E-state index in [1.54, 1.807) is 6.20 Å². The van der Waals surface area contributed by atoms with E-state index >= 15 is 0 Å². The maximum Gasteiger partial charge on any atom is 0.328 e. The molecule has 0 aromatic carbocycles. The average molecular weight is 358 g/mol. The molecule has 1 unspecified atom stereocenters. The molecule has 2 aromatic rings. The van der Waals surface area contributed by atoms with Gasteiger partial charge in [0.1, 0.15) is 0 Å². The van der Waals surface area contributed by atoms with Crippen LogP contribution in [0.3, 0.4) is 0 Å². The fraction of sp³-hybridized carbons (Fsp3) is 0.444. The highest BCUT2D eigenvalue weighted by Gasteiger charge is 2.34. The molecule has 1 aliphatic rings. The first-order valence-electron chi connectivity index (χ1n) is 8.68. The normalized spacial score (nSPS) is 20.2. The number of aromatic nitrogens is 3. The largest absolute Gasteiger partial charge is 0.393 e. The molecule has 2 heterocycles. The lowest BCUT2D eigenvalue weighted by Gasteiger charge is -2.38. The number of aliphatic hydroxyl groups excluding tert-OH is 1. The molecule has 8 nitrogen and oxygen atoms in total. The molecule has 1 saturated carbocycles. The van der Waals surface area contributed by atoms with Crippen molar-refractivity contribution in [3.8, 4) is 0 Å². The highest BCUT2D eigenvalue weighted by Crippen LogP contribution is 2.31. The Morgan fingerprint density at radius 3 is 2.81 bits per heavy atom. The maximum absolute atomic E-state index is 12.3. The van der Waals surface area contributed by atoms with Crippen LogP contribution in [0.15, 0.2) is 46.2 Å². The number of pyridine rings is 1. The molecular formula is C18H22N4O4. The second-order valence-corrected chi connectivity index (χ2v) is 6.64. The molecule has 26 heavy (non-hydrogen) atoms. The zero-order valence-corrected chi connectivity index (χ0v) is 14.3. The first-order chi connectivity index (χ1) is 12.5. The number of aryl methyl sites for hydroxylation is 1. The lowest BCUT2D eigenvalue weighted by atomic mass is 9.76. The van der Waals surface area contributed by atoms with Crippen LogP contribution in [0.2, 0.25) is 0 Å². The van der Waals surface area contributed by atoms with Gasteiger partial charge in [0.2, 0.25) is 5.91 Å². The van der Waals surface area contributed by atoms with E-state index in [0.29, 0.717) is 19.3 Å². The number of rotatable bonds is 7. The lowest BCUT2D eigenvalue weighted by Crippen LogP contribution is -2.48. The molecule has 3 rings (SSSR count). The van der Waals surface area contributed by atoms with E-state index in [1.807, 2.05) is 18.2 Å². The molecule has 0 radical (unpaired) electrons. The van der Waals surface area contributed by atoms with Gasteiger partial charge in [0.15, 0.2) is 0 Å². The molecule has 0 spiro atoms. The topological polar surface area (TPSA) is 117 Å². The first kappa shape index (κ1) is 18.1. The van der Waals surface area contributed by atoms with Gasteiger partial charge in [0.05, 0.1) is 6.10 Å². The van der Waals surface area contributed by atoms with Crippen molar-refractivity contribution in [3.63, 3.8) is 0 Å². The molecule has 138 valence electrons. The monoisotopic (exact) mass is 358 g/mol. The van der Waals surface area contributed by atoms with Gasteiger partial charge in [-0.05, 0) is 30.9 Å². The average Bonchev–Trinajstić information content (AvgIpc) is 2.58. The van der Waals surface area contributed by atoms with Crippen molar-refractivity contribution in [3.05, 3.63) is 63.2 Å². The number of carbonyl (C=O) groups is 1. The van der Waals surface area contributed by atoms with Crippen molar-refractivity contribution in [2.45, 2.75) is 44.4 Å². The van der Waals surface area contributed by atoms with Gasteiger partial charge < -0.3 is 15.0 Å². The van der Waals surface area contributed by atoms with E-state index in [0.717, 1.165) is 5.69 Å². The summed E-state index contributed by atoms with van der Waals surface area (Å²) in [4.78, 5) is 41.5. The molecule has 1 fully saturated rings. The zero-order valence-electron chi connectivity index (χ0n) is 14.3. The third-order valence-electron chi connectivity index (χ3n) is 4.70. The van der Waals surface area contributed by atoms with Crippen molar-refractivity contribution >= 4 is 5.91 Å². The summed E-state index contributed by atoms with van der Waals surface area (Å²) in [5, 5.41) is 12.6. The third-order valence-corrected chi connectivity index (χ3v) is 4.70. The summed E-state index contributed by atoms with van der Waals surface area (Å²) < 4.78 is 1.29. The van der Waals surface area contributed by atoms with Crippen LogP contribution >= 0.6 is 0 Å². The van der Waals surface area contributed by atoms with Crippen LogP contribution in [0.4, 0.5) is 0 Å². The number of carbonyl (C=O) groups excluding carboxylic acids is 1. The Bertz CT molecular complexity index is 855. The number of hydrogen-bond acceptors (Lipinski definition) is 5. The van der Waals surface area contributed by atoms with Crippen molar-refractivity contribution < 1.29 is 9.90 Å². The molecule has 0 aliphatic heterocycles. The Balaban J connectivity index is 1.59. The minimum absolute atomic E-state index is 0.104. The number of hydrogen-bond donors (Lipinski definition) is 3. The van der Waals surface area contributed by atoms with Gasteiger partial charge in [-0.15, -0.1) is 0 Å². The standard InChI is InChI=1S/C18H22N4O4/c23-14-9-12(10-14)15(11-13-3-1-2-6-19-13)20-16(24)4-7-22-8-5-17(25)21-18(22)26/h1-3,5-6,8,12,14-15,23H,4,7,9-11H2,(H,20,24)(H,21,25,26). The first-order valence-corrected chi connectivity index (χ1v) is 8.68. The number of aliphatic hydroxyl groups is 1. The van der Waals surface area contributed by atoms with Crippen LogP contribution in [0, 0.1) is 5.92 Å². The van der Waals surface area contributed by atoms with Crippen LogP contribution in [0.1, 0.15) is 25.0 Å². The quantitative estimate of drug-likeness (QED) is 0.635. The van der Waals surface area contributed by atoms with Gasteiger partial charge in [-0.3, -0.25) is 19.6 Å². The Hall–Kier alpha value is -2.74. The number of aromatic amines is 1. The predicted molar refractivity (Wildman–Crippen MR) is 94.5 cm³/mol. The van der Waals surface area contributed by atoms with Crippen LogP contribution in [0.25, 0.3) is 0 Å². The fourth-order valence-electron chi connectivity index (χ4n) is 3.16. The van der Waals surface area contributed by atoms with E-state index < -0.39 is 11.2 Å². The van der Waals surface area contributed by atoms with Crippen molar-refractivity contribution in [1.82, 2.24) is 19.9 Å². The summed E-state index contributed by atoms with van der Waals surface area (Å²) in [5.41, 5.74) is -0.108. The molecule has 2 aromatic heterocycles. The molecule has 3 N–H and O–H groups in total. The van der Waals surface area contributed by atoms with Crippen molar-refractivity contribution in [1.29, 1.82) is 0 Å². The third kappa shape index (κ3) is 4.66. The molecule has 0 bridgehead atoms. The second kappa shape index (κ2) is 8.09. The number of nitrogens with one attached hydrogen (secondary N) is 2. The summed E-state index contributed by atoms with van der Waals surface area (Å²) in [6.45, 7) is 0.186. The Morgan fingerprint density at radius 2 is 2.15 bits per heavy atom. The number of nitrogens with zero attached hydrogens (tertiary/aromatic N) is 2. The number of amides is 1. The second-order valence-electron chi connectivity index (χ2n) is 6.64. The number of H-pyrrole nitrogens is 1. The SMILES string of the molecule is O=C(CCn1ccc(=O)[nH]c1=O)NC(Cc1ccccn1)C1CC(O)C1. The summed E-state index contributed by atoms with van der Waals surface area (Å²) in [5.74, 6) is 0.0391. The predicted octanol–water partition coefficient (Wildman–Crippen LogP) is -0.180. The van der Waals surface area contributed by atoms with Crippen LogP contribution in [-0.4, -0.2) is 37.7 Å².